The number of rotatable bonds is 3. The molecule has 2 rings (SSSR count). The van der Waals surface area contributed by atoms with Gasteiger partial charge in [0.15, 0.2) is 0 Å². The minimum absolute atomic E-state index is 0.185. The minimum Gasteiger partial charge on any atom is -0.338 e. The molecule has 0 bridgehead atoms. The van der Waals surface area contributed by atoms with Gasteiger partial charge in [0.1, 0.15) is 11.5 Å². The van der Waals surface area contributed by atoms with Crippen molar-refractivity contribution >= 4 is 10.2 Å². The van der Waals surface area contributed by atoms with E-state index in [9.17, 15) is 21.6 Å². The van der Waals surface area contributed by atoms with Gasteiger partial charge in [-0.05, 0) is 12.8 Å². The molecule has 1 saturated heterocycles. The van der Waals surface area contributed by atoms with Crippen molar-refractivity contribution in [3.8, 4) is 0 Å². The molecule has 0 aliphatic carbocycles. The van der Waals surface area contributed by atoms with Gasteiger partial charge >= 0.3 is 6.18 Å². The number of halogens is 3. The molecule has 1 aliphatic heterocycles. The van der Waals surface area contributed by atoms with Crippen LogP contribution >= 0.6 is 0 Å². The minimum atomic E-state index is -4.44. The second-order valence-corrected chi connectivity index (χ2v) is 7.29. The Balaban J connectivity index is 2.03. The molecule has 0 amide bonds. The van der Waals surface area contributed by atoms with E-state index in [0.717, 1.165) is 10.5 Å². The standard InChI is InChI=1S/C11H17F3N4O2S/c1-17(2)21(19,20)18-5-3-8(4-6-18)10-15-7-9(16-10)11(12,13)14/h7-8H,3-6H2,1-2H3,(H,15,16). The summed E-state index contributed by atoms with van der Waals surface area (Å²) in [5.41, 5.74) is -0.874. The maximum absolute atomic E-state index is 12.5. The Labute approximate surface area is 121 Å². The maximum atomic E-state index is 12.5. The summed E-state index contributed by atoms with van der Waals surface area (Å²) in [4.78, 5) is 6.06. The Hall–Kier alpha value is -1.13. The molecule has 1 aromatic heterocycles. The summed E-state index contributed by atoms with van der Waals surface area (Å²) in [6.45, 7) is 0.542. The van der Waals surface area contributed by atoms with Gasteiger partial charge in [-0.25, -0.2) is 4.98 Å². The predicted molar refractivity (Wildman–Crippen MR) is 69.7 cm³/mol. The molecule has 21 heavy (non-hydrogen) atoms. The summed E-state index contributed by atoms with van der Waals surface area (Å²) in [7, 11) is -0.572. The number of alkyl halides is 3. The van der Waals surface area contributed by atoms with Crippen molar-refractivity contribution in [2.75, 3.05) is 27.2 Å². The molecule has 120 valence electrons. The van der Waals surface area contributed by atoms with Gasteiger partial charge < -0.3 is 4.98 Å². The number of aromatic nitrogens is 2. The lowest BCUT2D eigenvalue weighted by molar-refractivity contribution is -0.141. The lowest BCUT2D eigenvalue weighted by Crippen LogP contribution is -2.44. The van der Waals surface area contributed by atoms with E-state index >= 15 is 0 Å². The predicted octanol–water partition coefficient (Wildman–Crippen LogP) is 1.41. The third-order valence-corrected chi connectivity index (χ3v) is 5.47. The second-order valence-electron chi connectivity index (χ2n) is 5.14. The molecular formula is C11H17F3N4O2S. The van der Waals surface area contributed by atoms with Gasteiger partial charge in [0.2, 0.25) is 0 Å². The van der Waals surface area contributed by atoms with E-state index in [1.807, 2.05) is 0 Å². The third kappa shape index (κ3) is 3.38. The topological polar surface area (TPSA) is 69.3 Å². The average molecular weight is 326 g/mol. The first-order valence-electron chi connectivity index (χ1n) is 6.42. The van der Waals surface area contributed by atoms with E-state index in [2.05, 4.69) is 9.97 Å². The SMILES string of the molecule is CN(C)S(=O)(=O)N1CCC(c2ncc(C(F)(F)F)[nH]2)CC1. The van der Waals surface area contributed by atoms with Gasteiger partial charge in [0.05, 0.1) is 6.20 Å². The van der Waals surface area contributed by atoms with Crippen LogP contribution in [-0.2, 0) is 16.4 Å². The lowest BCUT2D eigenvalue weighted by atomic mass is 9.97. The highest BCUT2D eigenvalue weighted by molar-refractivity contribution is 7.86. The highest BCUT2D eigenvalue weighted by Gasteiger charge is 2.35. The summed E-state index contributed by atoms with van der Waals surface area (Å²) in [6, 6.07) is 0. The van der Waals surface area contributed by atoms with E-state index in [0.29, 0.717) is 12.8 Å². The van der Waals surface area contributed by atoms with Gasteiger partial charge in [0, 0.05) is 33.1 Å². The Morgan fingerprint density at radius 1 is 1.33 bits per heavy atom. The van der Waals surface area contributed by atoms with Crippen LogP contribution in [0.3, 0.4) is 0 Å². The zero-order valence-electron chi connectivity index (χ0n) is 11.7. The molecule has 0 spiro atoms. The van der Waals surface area contributed by atoms with Crippen LogP contribution in [0.1, 0.15) is 30.3 Å². The highest BCUT2D eigenvalue weighted by Crippen LogP contribution is 2.32. The molecule has 0 atom stereocenters. The summed E-state index contributed by atoms with van der Waals surface area (Å²) < 4.78 is 63.9. The van der Waals surface area contributed by atoms with Gasteiger partial charge in [-0.2, -0.15) is 30.2 Å². The maximum Gasteiger partial charge on any atom is 0.432 e. The van der Waals surface area contributed by atoms with Gasteiger partial charge in [-0.3, -0.25) is 0 Å². The Morgan fingerprint density at radius 2 is 1.90 bits per heavy atom. The lowest BCUT2D eigenvalue weighted by Gasteiger charge is -2.32. The second kappa shape index (κ2) is 5.58. The molecule has 10 heteroatoms. The molecule has 1 fully saturated rings. The number of nitrogens with one attached hydrogen (secondary N) is 1. The number of imidazole rings is 1. The molecule has 0 saturated carbocycles. The first-order valence-corrected chi connectivity index (χ1v) is 7.81. The van der Waals surface area contributed by atoms with Gasteiger partial charge in [-0.1, -0.05) is 0 Å². The fourth-order valence-corrected chi connectivity index (χ4v) is 3.41. The number of hydrogen-bond donors (Lipinski definition) is 1. The zero-order valence-corrected chi connectivity index (χ0v) is 12.5. The molecule has 1 aliphatic rings. The molecule has 6 nitrogen and oxygen atoms in total. The van der Waals surface area contributed by atoms with Crippen LogP contribution in [0, 0.1) is 0 Å². The van der Waals surface area contributed by atoms with Crippen LogP contribution in [-0.4, -0.2) is 54.2 Å². The van der Waals surface area contributed by atoms with Crippen molar-refractivity contribution in [3.63, 3.8) is 0 Å². The first kappa shape index (κ1) is 16.2. The van der Waals surface area contributed by atoms with Crippen LogP contribution in [0.2, 0.25) is 0 Å². The fraction of sp³-hybridized carbons (Fsp3) is 0.727. The number of nitrogens with zero attached hydrogens (tertiary/aromatic N) is 3. The van der Waals surface area contributed by atoms with Crippen molar-refractivity contribution in [3.05, 3.63) is 17.7 Å². The monoisotopic (exact) mass is 326 g/mol. The summed E-state index contributed by atoms with van der Waals surface area (Å²) in [5.74, 6) is 0.0824. The van der Waals surface area contributed by atoms with Gasteiger partial charge in [0.25, 0.3) is 10.2 Å². The van der Waals surface area contributed by atoms with E-state index in [4.69, 9.17) is 0 Å². The molecule has 0 unspecified atom stereocenters. The molecule has 2 heterocycles. The average Bonchev–Trinajstić information content (AvgIpc) is 2.88. The van der Waals surface area contributed by atoms with Crippen LogP contribution in [0.5, 0.6) is 0 Å². The fourth-order valence-electron chi connectivity index (χ4n) is 2.28. The third-order valence-electron chi connectivity index (χ3n) is 3.53. The normalized spacial score (nSPS) is 19.3. The van der Waals surface area contributed by atoms with Crippen LogP contribution < -0.4 is 0 Å². The van der Waals surface area contributed by atoms with Crippen LogP contribution in [0.25, 0.3) is 0 Å². The number of hydrogen-bond acceptors (Lipinski definition) is 3. The number of piperidine rings is 1. The summed E-state index contributed by atoms with van der Waals surface area (Å²) in [5, 5.41) is 0. The Kier molecular flexibility index (Phi) is 4.31. The van der Waals surface area contributed by atoms with Crippen LogP contribution in [0.15, 0.2) is 6.20 Å². The Bertz CT molecular complexity index is 589. The quantitative estimate of drug-likeness (QED) is 0.913. The smallest absolute Gasteiger partial charge is 0.338 e. The Morgan fingerprint density at radius 3 is 2.33 bits per heavy atom. The van der Waals surface area contributed by atoms with E-state index < -0.39 is 22.1 Å². The van der Waals surface area contributed by atoms with Crippen molar-refractivity contribution in [1.82, 2.24) is 18.6 Å². The number of H-pyrrole nitrogens is 1. The molecule has 0 aromatic carbocycles. The van der Waals surface area contributed by atoms with Crippen molar-refractivity contribution in [2.45, 2.75) is 24.9 Å². The van der Waals surface area contributed by atoms with Gasteiger partial charge in [-0.15, -0.1) is 0 Å². The molecule has 0 radical (unpaired) electrons. The first-order chi connectivity index (χ1) is 9.62. The molecule has 1 N–H and O–H groups in total. The van der Waals surface area contributed by atoms with Crippen LogP contribution in [0.4, 0.5) is 13.2 Å². The molecule has 1 aromatic rings. The van der Waals surface area contributed by atoms with E-state index in [-0.39, 0.29) is 24.8 Å². The largest absolute Gasteiger partial charge is 0.432 e. The summed E-state index contributed by atoms with van der Waals surface area (Å²) >= 11 is 0. The van der Waals surface area contributed by atoms with Crippen molar-refractivity contribution in [1.29, 1.82) is 0 Å². The highest BCUT2D eigenvalue weighted by atomic mass is 32.2. The summed E-state index contributed by atoms with van der Waals surface area (Å²) in [6.07, 6.45) is -2.78. The molecular weight excluding hydrogens is 309 g/mol. The van der Waals surface area contributed by atoms with E-state index in [1.165, 1.54) is 18.4 Å². The van der Waals surface area contributed by atoms with Crippen molar-refractivity contribution in [2.24, 2.45) is 0 Å². The van der Waals surface area contributed by atoms with Crippen molar-refractivity contribution < 1.29 is 21.6 Å². The van der Waals surface area contributed by atoms with E-state index in [1.54, 1.807) is 0 Å². The number of aromatic amines is 1. The zero-order chi connectivity index (χ0) is 15.8.